The maximum atomic E-state index is 12.5. The molecule has 31 heavy (non-hydrogen) atoms. The van der Waals surface area contributed by atoms with Gasteiger partial charge in [-0.05, 0) is 51.1 Å². The highest BCUT2D eigenvalue weighted by Gasteiger charge is 2.20. The summed E-state index contributed by atoms with van der Waals surface area (Å²) in [6.07, 6.45) is -1.03. The third kappa shape index (κ3) is 6.23. The molecule has 0 aliphatic rings. The number of anilines is 1. The van der Waals surface area contributed by atoms with Crippen LogP contribution in [-0.2, 0) is 16.1 Å². The van der Waals surface area contributed by atoms with E-state index in [9.17, 15) is 14.4 Å². The van der Waals surface area contributed by atoms with Gasteiger partial charge in [0.2, 0.25) is 0 Å². The van der Waals surface area contributed by atoms with Gasteiger partial charge in [0, 0.05) is 16.6 Å². The maximum absolute atomic E-state index is 12.5. The first-order chi connectivity index (χ1) is 14.8. The molecule has 7 nitrogen and oxygen atoms in total. The molecule has 0 saturated carbocycles. The van der Waals surface area contributed by atoms with E-state index in [0.29, 0.717) is 23.6 Å². The zero-order chi connectivity index (χ0) is 22.4. The van der Waals surface area contributed by atoms with Crippen LogP contribution >= 0.6 is 11.3 Å². The number of nitrogens with one attached hydrogen (secondary N) is 1. The topological polar surface area (TPSA) is 94.6 Å². The van der Waals surface area contributed by atoms with E-state index in [1.54, 1.807) is 48.5 Å². The van der Waals surface area contributed by atoms with Crippen molar-refractivity contribution in [2.45, 2.75) is 33.5 Å². The molecule has 160 valence electrons. The number of aromatic nitrogens is 1. The van der Waals surface area contributed by atoms with Crippen LogP contribution in [0.1, 0.15) is 45.3 Å². The predicted molar refractivity (Wildman–Crippen MR) is 118 cm³/mol. The number of amides is 1. The number of ether oxygens (including phenoxy) is 2. The number of ketones is 1. The van der Waals surface area contributed by atoms with Gasteiger partial charge in [0.05, 0.1) is 16.3 Å². The van der Waals surface area contributed by atoms with Crippen molar-refractivity contribution in [2.24, 2.45) is 0 Å². The monoisotopic (exact) mass is 438 g/mol. The molecule has 1 unspecified atom stereocenters. The fourth-order valence-electron chi connectivity index (χ4n) is 2.69. The van der Waals surface area contributed by atoms with Gasteiger partial charge in [-0.25, -0.2) is 9.78 Å². The molecule has 0 saturated heterocycles. The molecule has 0 fully saturated rings. The first-order valence-corrected chi connectivity index (χ1v) is 10.5. The van der Waals surface area contributed by atoms with E-state index in [2.05, 4.69) is 10.3 Å². The molecule has 3 aromatic rings. The molecule has 0 spiro atoms. The van der Waals surface area contributed by atoms with Crippen molar-refractivity contribution in [3.05, 3.63) is 75.7 Å². The molecule has 1 atom stereocenters. The molecule has 8 heteroatoms. The van der Waals surface area contributed by atoms with Gasteiger partial charge >= 0.3 is 5.97 Å². The molecule has 1 N–H and O–H groups in total. The zero-order valence-electron chi connectivity index (χ0n) is 17.4. The number of carbonyl (C=O) groups is 3. The van der Waals surface area contributed by atoms with Gasteiger partial charge in [-0.2, -0.15) is 0 Å². The van der Waals surface area contributed by atoms with E-state index < -0.39 is 18.0 Å². The minimum absolute atomic E-state index is 0.109. The van der Waals surface area contributed by atoms with Crippen molar-refractivity contribution < 1.29 is 23.9 Å². The molecule has 3 rings (SSSR count). The molecule has 2 aromatic carbocycles. The number of aryl methyl sites for hydroxylation is 1. The van der Waals surface area contributed by atoms with Gasteiger partial charge < -0.3 is 14.8 Å². The lowest BCUT2D eigenvalue weighted by molar-refractivity contribution is -0.123. The molecule has 0 aliphatic heterocycles. The number of benzene rings is 2. The number of carbonyl (C=O) groups excluding carboxylic acids is 3. The Balaban J connectivity index is 1.58. The van der Waals surface area contributed by atoms with Gasteiger partial charge in [0.1, 0.15) is 12.4 Å². The number of rotatable bonds is 8. The molecular weight excluding hydrogens is 416 g/mol. The molecule has 1 aromatic heterocycles. The predicted octanol–water partition coefficient (Wildman–Crippen LogP) is 4.42. The Bertz CT molecular complexity index is 1110. The summed E-state index contributed by atoms with van der Waals surface area (Å²) in [6, 6.07) is 13.1. The standard InChI is InChI=1S/C23H22N2O5S/c1-14(26)17-6-4-8-19(10-17)25-22(27)15(2)30-23(28)18-7-5-9-21(11-18)29-12-20-13-31-16(3)24-20/h4-11,13,15H,12H2,1-3H3,(H,25,27). The Hall–Kier alpha value is -3.52. The van der Waals surface area contributed by atoms with Crippen molar-refractivity contribution in [1.82, 2.24) is 4.98 Å². The van der Waals surface area contributed by atoms with E-state index in [1.165, 1.54) is 25.2 Å². The fraction of sp³-hybridized carbons (Fsp3) is 0.217. The zero-order valence-corrected chi connectivity index (χ0v) is 18.2. The summed E-state index contributed by atoms with van der Waals surface area (Å²) in [4.78, 5) is 40.7. The van der Waals surface area contributed by atoms with Crippen LogP contribution < -0.4 is 10.1 Å². The Morgan fingerprint density at radius 3 is 2.55 bits per heavy atom. The summed E-state index contributed by atoms with van der Waals surface area (Å²) in [5.74, 6) is -0.753. The SMILES string of the molecule is CC(=O)c1cccc(NC(=O)C(C)OC(=O)c2cccc(OCc3csc(C)n3)c2)c1. The normalized spacial score (nSPS) is 11.5. The van der Waals surface area contributed by atoms with E-state index in [0.717, 1.165) is 10.7 Å². The lowest BCUT2D eigenvalue weighted by Crippen LogP contribution is -2.30. The van der Waals surface area contributed by atoms with Crippen molar-refractivity contribution in [2.75, 3.05) is 5.32 Å². The van der Waals surface area contributed by atoms with Crippen LogP contribution in [0.25, 0.3) is 0 Å². The first kappa shape index (κ1) is 22.2. The number of hydrogen-bond acceptors (Lipinski definition) is 7. The van der Waals surface area contributed by atoms with E-state index >= 15 is 0 Å². The highest BCUT2D eigenvalue weighted by molar-refractivity contribution is 7.09. The van der Waals surface area contributed by atoms with Crippen molar-refractivity contribution in [3.63, 3.8) is 0 Å². The summed E-state index contributed by atoms with van der Waals surface area (Å²) in [5.41, 5.74) is 2.01. The lowest BCUT2D eigenvalue weighted by Gasteiger charge is -2.14. The van der Waals surface area contributed by atoms with Crippen LogP contribution in [0.5, 0.6) is 5.75 Å². The maximum Gasteiger partial charge on any atom is 0.339 e. The minimum Gasteiger partial charge on any atom is -0.487 e. The van der Waals surface area contributed by atoms with Crippen molar-refractivity contribution in [3.8, 4) is 5.75 Å². The number of hydrogen-bond donors (Lipinski definition) is 1. The van der Waals surface area contributed by atoms with Gasteiger partial charge in [-0.1, -0.05) is 18.2 Å². The van der Waals surface area contributed by atoms with Crippen molar-refractivity contribution >= 4 is 34.7 Å². The molecule has 1 amide bonds. The highest BCUT2D eigenvalue weighted by atomic mass is 32.1. The number of thiazole rings is 1. The van der Waals surface area contributed by atoms with Gasteiger partial charge in [0.25, 0.3) is 5.91 Å². The number of esters is 1. The van der Waals surface area contributed by atoms with E-state index in [-0.39, 0.29) is 11.3 Å². The average Bonchev–Trinajstić information content (AvgIpc) is 3.17. The minimum atomic E-state index is -1.03. The van der Waals surface area contributed by atoms with Crippen LogP contribution in [0.4, 0.5) is 5.69 Å². The molecule has 0 aliphatic carbocycles. The van der Waals surface area contributed by atoms with Crippen LogP contribution in [0.3, 0.4) is 0 Å². The van der Waals surface area contributed by atoms with Gasteiger partial charge in [0.15, 0.2) is 11.9 Å². The fourth-order valence-corrected chi connectivity index (χ4v) is 3.28. The largest absolute Gasteiger partial charge is 0.487 e. The lowest BCUT2D eigenvalue weighted by atomic mass is 10.1. The van der Waals surface area contributed by atoms with Crippen LogP contribution in [0.15, 0.2) is 53.9 Å². The molecular formula is C23H22N2O5S. The highest BCUT2D eigenvalue weighted by Crippen LogP contribution is 2.18. The van der Waals surface area contributed by atoms with Gasteiger partial charge in [-0.15, -0.1) is 11.3 Å². The molecule has 0 bridgehead atoms. The second kappa shape index (κ2) is 9.99. The Labute approximate surface area is 184 Å². The number of Topliss-reactive ketones (excluding diaryl/α,β-unsaturated/α-hetero) is 1. The van der Waals surface area contributed by atoms with Crippen LogP contribution in [-0.4, -0.2) is 28.7 Å². The van der Waals surface area contributed by atoms with Crippen LogP contribution in [0.2, 0.25) is 0 Å². The number of nitrogens with zero attached hydrogens (tertiary/aromatic N) is 1. The van der Waals surface area contributed by atoms with Crippen molar-refractivity contribution in [1.29, 1.82) is 0 Å². The summed E-state index contributed by atoms with van der Waals surface area (Å²) in [6.45, 7) is 5.14. The quantitative estimate of drug-likeness (QED) is 0.413. The Morgan fingerprint density at radius 2 is 1.84 bits per heavy atom. The third-order valence-electron chi connectivity index (χ3n) is 4.31. The third-order valence-corrected chi connectivity index (χ3v) is 5.14. The van der Waals surface area contributed by atoms with Gasteiger partial charge in [-0.3, -0.25) is 9.59 Å². The van der Waals surface area contributed by atoms with Crippen LogP contribution in [0, 0.1) is 6.92 Å². The first-order valence-electron chi connectivity index (χ1n) is 9.58. The summed E-state index contributed by atoms with van der Waals surface area (Å²) in [5, 5.41) is 5.52. The average molecular weight is 439 g/mol. The Kier molecular flexibility index (Phi) is 7.15. The smallest absolute Gasteiger partial charge is 0.339 e. The summed E-state index contributed by atoms with van der Waals surface area (Å²) in [7, 11) is 0. The molecule has 1 heterocycles. The van der Waals surface area contributed by atoms with E-state index in [1.807, 2.05) is 12.3 Å². The summed E-state index contributed by atoms with van der Waals surface area (Å²) >= 11 is 1.54. The summed E-state index contributed by atoms with van der Waals surface area (Å²) < 4.78 is 11.0. The second-order valence-corrected chi connectivity index (χ2v) is 7.91. The van der Waals surface area contributed by atoms with E-state index in [4.69, 9.17) is 9.47 Å². The molecule has 0 radical (unpaired) electrons. The Morgan fingerprint density at radius 1 is 1.10 bits per heavy atom. The second-order valence-electron chi connectivity index (χ2n) is 6.85.